The molecule has 1 heterocycles. The summed E-state index contributed by atoms with van der Waals surface area (Å²) < 4.78 is 0. The van der Waals surface area contributed by atoms with Crippen LogP contribution in [0.25, 0.3) is 11.3 Å². The Balaban J connectivity index is 1.70. The summed E-state index contributed by atoms with van der Waals surface area (Å²) in [5, 5.41) is 18.2. The summed E-state index contributed by atoms with van der Waals surface area (Å²) in [6, 6.07) is 11.5. The highest BCUT2D eigenvalue weighted by Gasteiger charge is 2.07. The monoisotopic (exact) mass is 392 g/mol. The van der Waals surface area contributed by atoms with Gasteiger partial charge < -0.3 is 0 Å². The molecule has 0 bridgehead atoms. The van der Waals surface area contributed by atoms with E-state index in [4.69, 9.17) is 23.2 Å². The molecule has 0 unspecified atom stereocenters. The molecule has 3 rings (SSSR count). The molecule has 0 atom stereocenters. The van der Waals surface area contributed by atoms with Gasteiger partial charge in [-0.05, 0) is 12.1 Å². The number of non-ortho nitro benzene ring substituents is 1. The van der Waals surface area contributed by atoms with Crippen LogP contribution in [0.3, 0.4) is 0 Å². The number of hydrazone groups is 1. The maximum Gasteiger partial charge on any atom is 0.270 e. The Morgan fingerprint density at radius 1 is 1.20 bits per heavy atom. The quantitative estimate of drug-likeness (QED) is 0.354. The van der Waals surface area contributed by atoms with Crippen LogP contribution in [0.15, 0.2) is 52.9 Å². The van der Waals surface area contributed by atoms with Gasteiger partial charge in [0.15, 0.2) is 0 Å². The molecule has 0 aliphatic rings. The average molecular weight is 393 g/mol. The topological polar surface area (TPSA) is 80.4 Å². The fourth-order valence-electron chi connectivity index (χ4n) is 1.99. The Hall–Kier alpha value is -2.48. The van der Waals surface area contributed by atoms with Crippen LogP contribution in [-0.2, 0) is 0 Å². The van der Waals surface area contributed by atoms with Crippen molar-refractivity contribution >= 4 is 51.6 Å². The first-order valence-electron chi connectivity index (χ1n) is 6.97. The first-order chi connectivity index (χ1) is 12.0. The predicted octanol–water partition coefficient (Wildman–Crippen LogP) is 5.47. The Labute approximate surface area is 156 Å². The molecular weight excluding hydrogens is 383 g/mol. The van der Waals surface area contributed by atoms with Gasteiger partial charge in [-0.2, -0.15) is 5.10 Å². The van der Waals surface area contributed by atoms with Gasteiger partial charge in [-0.15, -0.1) is 11.3 Å². The molecule has 1 aromatic heterocycles. The van der Waals surface area contributed by atoms with Crippen molar-refractivity contribution in [1.29, 1.82) is 0 Å². The lowest BCUT2D eigenvalue weighted by Crippen LogP contribution is -1.92. The van der Waals surface area contributed by atoms with Crippen molar-refractivity contribution in [3.8, 4) is 11.3 Å². The third kappa shape index (κ3) is 4.33. The largest absolute Gasteiger partial charge is 0.270 e. The second-order valence-electron chi connectivity index (χ2n) is 4.89. The molecule has 0 radical (unpaired) electrons. The van der Waals surface area contributed by atoms with Gasteiger partial charge in [-0.25, -0.2) is 4.98 Å². The number of halogens is 2. The SMILES string of the molecule is O=[N+]([O-])c1cccc(/C=N/Nc2nc(-c3ccc(Cl)c(Cl)c3)cs2)c1. The van der Waals surface area contributed by atoms with Crippen LogP contribution in [0.5, 0.6) is 0 Å². The van der Waals surface area contributed by atoms with E-state index in [0.717, 1.165) is 11.3 Å². The molecule has 3 aromatic rings. The van der Waals surface area contributed by atoms with E-state index < -0.39 is 4.92 Å². The number of nitrogens with zero attached hydrogens (tertiary/aromatic N) is 3. The molecular formula is C16H10Cl2N4O2S. The van der Waals surface area contributed by atoms with Gasteiger partial charge >= 0.3 is 0 Å². The van der Waals surface area contributed by atoms with Gasteiger partial charge in [0.25, 0.3) is 5.69 Å². The Kier molecular flexibility index (Phi) is 5.28. The molecule has 2 aromatic carbocycles. The van der Waals surface area contributed by atoms with Crippen LogP contribution in [-0.4, -0.2) is 16.1 Å². The molecule has 0 spiro atoms. The van der Waals surface area contributed by atoms with Crippen molar-refractivity contribution in [2.75, 3.05) is 5.43 Å². The van der Waals surface area contributed by atoms with Crippen LogP contribution in [0.1, 0.15) is 5.56 Å². The number of nitro benzene ring substituents is 1. The van der Waals surface area contributed by atoms with E-state index in [-0.39, 0.29) is 5.69 Å². The second-order valence-corrected chi connectivity index (χ2v) is 6.56. The number of nitrogens with one attached hydrogen (secondary N) is 1. The summed E-state index contributed by atoms with van der Waals surface area (Å²) >= 11 is 13.3. The highest BCUT2D eigenvalue weighted by Crippen LogP contribution is 2.30. The number of anilines is 1. The molecule has 126 valence electrons. The predicted molar refractivity (Wildman–Crippen MR) is 102 cm³/mol. The lowest BCUT2D eigenvalue weighted by molar-refractivity contribution is -0.384. The van der Waals surface area contributed by atoms with E-state index in [1.807, 2.05) is 11.4 Å². The summed E-state index contributed by atoms with van der Waals surface area (Å²) in [4.78, 5) is 14.7. The van der Waals surface area contributed by atoms with Gasteiger partial charge in [0.1, 0.15) is 0 Å². The van der Waals surface area contributed by atoms with Crippen molar-refractivity contribution in [3.63, 3.8) is 0 Å². The number of hydrogen-bond acceptors (Lipinski definition) is 6. The normalized spacial score (nSPS) is 11.0. The molecule has 0 aliphatic heterocycles. The first kappa shape index (κ1) is 17.3. The summed E-state index contributed by atoms with van der Waals surface area (Å²) in [6.07, 6.45) is 1.49. The highest BCUT2D eigenvalue weighted by molar-refractivity contribution is 7.14. The van der Waals surface area contributed by atoms with Crippen molar-refractivity contribution < 1.29 is 4.92 Å². The zero-order valence-electron chi connectivity index (χ0n) is 12.5. The van der Waals surface area contributed by atoms with Crippen LogP contribution in [0.2, 0.25) is 10.0 Å². The van der Waals surface area contributed by atoms with Crippen LogP contribution >= 0.6 is 34.5 Å². The van der Waals surface area contributed by atoms with E-state index in [9.17, 15) is 10.1 Å². The van der Waals surface area contributed by atoms with Gasteiger partial charge in [0.2, 0.25) is 5.13 Å². The molecule has 1 N–H and O–H groups in total. The number of hydrogen-bond donors (Lipinski definition) is 1. The molecule has 0 saturated carbocycles. The van der Waals surface area contributed by atoms with E-state index in [1.165, 1.54) is 29.7 Å². The lowest BCUT2D eigenvalue weighted by atomic mass is 10.2. The minimum atomic E-state index is -0.449. The van der Waals surface area contributed by atoms with Gasteiger partial charge in [0.05, 0.1) is 26.9 Å². The summed E-state index contributed by atoms with van der Waals surface area (Å²) in [5.74, 6) is 0. The number of benzene rings is 2. The van der Waals surface area contributed by atoms with Gasteiger partial charge in [-0.1, -0.05) is 41.4 Å². The molecule has 25 heavy (non-hydrogen) atoms. The molecule has 0 saturated heterocycles. The van der Waals surface area contributed by atoms with E-state index in [2.05, 4.69) is 15.5 Å². The molecule has 6 nitrogen and oxygen atoms in total. The summed E-state index contributed by atoms with van der Waals surface area (Å²) in [6.45, 7) is 0. The lowest BCUT2D eigenvalue weighted by Gasteiger charge is -1.99. The van der Waals surface area contributed by atoms with Crippen molar-refractivity contribution in [3.05, 3.63) is 73.6 Å². The van der Waals surface area contributed by atoms with E-state index in [1.54, 1.807) is 24.3 Å². The average Bonchev–Trinajstić information content (AvgIpc) is 3.06. The maximum absolute atomic E-state index is 10.8. The number of thiazole rings is 1. The van der Waals surface area contributed by atoms with Crippen molar-refractivity contribution in [2.45, 2.75) is 0 Å². The fourth-order valence-corrected chi connectivity index (χ4v) is 2.96. The number of aromatic nitrogens is 1. The van der Waals surface area contributed by atoms with Crippen molar-refractivity contribution in [1.82, 2.24) is 4.98 Å². The first-order valence-corrected chi connectivity index (χ1v) is 8.61. The third-order valence-electron chi connectivity index (χ3n) is 3.17. The number of rotatable bonds is 5. The van der Waals surface area contributed by atoms with E-state index in [0.29, 0.717) is 20.7 Å². The summed E-state index contributed by atoms with van der Waals surface area (Å²) in [5.41, 5.74) is 5.03. The highest BCUT2D eigenvalue weighted by atomic mass is 35.5. The number of nitro groups is 1. The van der Waals surface area contributed by atoms with Crippen LogP contribution < -0.4 is 5.43 Å². The van der Waals surface area contributed by atoms with Gasteiger partial charge in [-0.3, -0.25) is 15.5 Å². The zero-order chi connectivity index (χ0) is 17.8. The minimum Gasteiger partial charge on any atom is -0.258 e. The van der Waals surface area contributed by atoms with Gasteiger partial charge in [0, 0.05) is 28.6 Å². The zero-order valence-corrected chi connectivity index (χ0v) is 14.8. The fraction of sp³-hybridized carbons (Fsp3) is 0. The molecule has 0 amide bonds. The maximum atomic E-state index is 10.8. The molecule has 0 aliphatic carbocycles. The van der Waals surface area contributed by atoms with E-state index >= 15 is 0 Å². The van der Waals surface area contributed by atoms with Crippen LogP contribution in [0, 0.1) is 10.1 Å². The Morgan fingerprint density at radius 2 is 2.04 bits per heavy atom. The van der Waals surface area contributed by atoms with Crippen LogP contribution in [0.4, 0.5) is 10.8 Å². The van der Waals surface area contributed by atoms with Crippen molar-refractivity contribution in [2.24, 2.45) is 5.10 Å². The molecule has 9 heteroatoms. The Morgan fingerprint density at radius 3 is 2.80 bits per heavy atom. The second kappa shape index (κ2) is 7.60. The standard InChI is InChI=1S/C16H10Cl2N4O2S/c17-13-5-4-11(7-14(13)18)15-9-25-16(20-15)21-19-8-10-2-1-3-12(6-10)22(23)24/h1-9H,(H,20,21)/b19-8+. The Bertz CT molecular complexity index is 959. The smallest absolute Gasteiger partial charge is 0.258 e. The molecule has 0 fully saturated rings. The minimum absolute atomic E-state index is 0.0140. The summed E-state index contributed by atoms with van der Waals surface area (Å²) in [7, 11) is 0. The third-order valence-corrected chi connectivity index (χ3v) is 4.66.